The fourth-order valence-electron chi connectivity index (χ4n) is 1.63. The molecule has 0 spiro atoms. The fraction of sp³-hybridized carbons (Fsp3) is 0.636. The SMILES string of the molecule is CC/C1=C(\CN)O/C(C)=C/CCC1. The predicted octanol–water partition coefficient (Wildman–Crippen LogP) is 2.71. The summed E-state index contributed by atoms with van der Waals surface area (Å²) in [6, 6.07) is 0. The molecule has 74 valence electrons. The Kier molecular flexibility index (Phi) is 4.03. The number of hydrogen-bond donors (Lipinski definition) is 1. The Morgan fingerprint density at radius 1 is 1.54 bits per heavy atom. The first-order chi connectivity index (χ1) is 6.27. The van der Waals surface area contributed by atoms with Crippen LogP contribution in [0.4, 0.5) is 0 Å². The molecular weight excluding hydrogens is 162 g/mol. The molecule has 0 radical (unpaired) electrons. The summed E-state index contributed by atoms with van der Waals surface area (Å²) in [7, 11) is 0. The minimum atomic E-state index is 0.522. The van der Waals surface area contributed by atoms with Crippen LogP contribution in [0.1, 0.15) is 39.5 Å². The van der Waals surface area contributed by atoms with Crippen LogP contribution in [-0.4, -0.2) is 6.54 Å². The largest absolute Gasteiger partial charge is 0.465 e. The average molecular weight is 181 g/mol. The second kappa shape index (κ2) is 5.07. The lowest BCUT2D eigenvalue weighted by atomic mass is 10.0. The molecule has 0 bridgehead atoms. The van der Waals surface area contributed by atoms with E-state index < -0.39 is 0 Å². The molecule has 0 unspecified atom stereocenters. The first-order valence-electron chi connectivity index (χ1n) is 5.03. The summed E-state index contributed by atoms with van der Waals surface area (Å²) in [5, 5.41) is 0. The van der Waals surface area contributed by atoms with Crippen LogP contribution in [-0.2, 0) is 4.74 Å². The molecule has 1 rings (SSSR count). The maximum absolute atomic E-state index is 5.66. The van der Waals surface area contributed by atoms with E-state index in [-0.39, 0.29) is 0 Å². The monoisotopic (exact) mass is 181 g/mol. The van der Waals surface area contributed by atoms with Gasteiger partial charge in [-0.05, 0) is 44.3 Å². The molecule has 1 aliphatic rings. The molecule has 0 saturated heterocycles. The summed E-state index contributed by atoms with van der Waals surface area (Å²) in [5.41, 5.74) is 7.03. The van der Waals surface area contributed by atoms with Crippen LogP contribution in [0.25, 0.3) is 0 Å². The van der Waals surface area contributed by atoms with E-state index in [0.29, 0.717) is 6.54 Å². The number of nitrogens with two attached hydrogens (primary N) is 1. The Morgan fingerprint density at radius 2 is 2.31 bits per heavy atom. The summed E-state index contributed by atoms with van der Waals surface area (Å²) in [6.45, 7) is 4.68. The zero-order valence-electron chi connectivity index (χ0n) is 8.60. The van der Waals surface area contributed by atoms with E-state index in [9.17, 15) is 0 Å². The number of hydrogen-bond acceptors (Lipinski definition) is 2. The van der Waals surface area contributed by atoms with Crippen molar-refractivity contribution in [3.05, 3.63) is 23.2 Å². The Morgan fingerprint density at radius 3 is 2.92 bits per heavy atom. The van der Waals surface area contributed by atoms with Gasteiger partial charge in [0.25, 0.3) is 0 Å². The van der Waals surface area contributed by atoms with Crippen molar-refractivity contribution in [2.45, 2.75) is 39.5 Å². The van der Waals surface area contributed by atoms with E-state index in [1.807, 2.05) is 6.92 Å². The Labute approximate surface area is 80.5 Å². The Balaban J connectivity index is 2.80. The van der Waals surface area contributed by atoms with E-state index in [0.717, 1.165) is 30.8 Å². The zero-order valence-corrected chi connectivity index (χ0v) is 8.60. The van der Waals surface area contributed by atoms with Crippen LogP contribution >= 0.6 is 0 Å². The van der Waals surface area contributed by atoms with Gasteiger partial charge in [0.1, 0.15) is 5.76 Å². The summed E-state index contributed by atoms with van der Waals surface area (Å²) in [6.07, 6.45) is 6.66. The first kappa shape index (κ1) is 10.3. The van der Waals surface area contributed by atoms with Gasteiger partial charge in [-0.3, -0.25) is 0 Å². The molecule has 0 saturated carbocycles. The van der Waals surface area contributed by atoms with Crippen LogP contribution in [0.2, 0.25) is 0 Å². The number of allylic oxidation sites excluding steroid dienone is 3. The van der Waals surface area contributed by atoms with E-state index in [2.05, 4.69) is 13.0 Å². The quantitative estimate of drug-likeness (QED) is 0.711. The van der Waals surface area contributed by atoms with Gasteiger partial charge in [0.15, 0.2) is 0 Å². The van der Waals surface area contributed by atoms with Gasteiger partial charge in [0, 0.05) is 0 Å². The molecule has 0 aromatic rings. The summed E-state index contributed by atoms with van der Waals surface area (Å²) < 4.78 is 5.66. The minimum absolute atomic E-state index is 0.522. The van der Waals surface area contributed by atoms with Crippen molar-refractivity contribution in [1.82, 2.24) is 0 Å². The standard InChI is InChI=1S/C11H19NO/c1-3-10-7-5-4-6-9(2)13-11(10)8-12/h6H,3-5,7-8,12H2,1-2H3/b9-6+,11-10-. The highest BCUT2D eigenvalue weighted by Crippen LogP contribution is 2.22. The van der Waals surface area contributed by atoms with Crippen LogP contribution < -0.4 is 5.73 Å². The molecule has 13 heavy (non-hydrogen) atoms. The van der Waals surface area contributed by atoms with Gasteiger partial charge in [-0.15, -0.1) is 0 Å². The smallest absolute Gasteiger partial charge is 0.116 e. The third kappa shape index (κ3) is 2.88. The van der Waals surface area contributed by atoms with Crippen LogP contribution in [0.5, 0.6) is 0 Å². The van der Waals surface area contributed by atoms with E-state index in [1.54, 1.807) is 0 Å². The normalized spacial score (nSPS) is 28.4. The zero-order chi connectivity index (χ0) is 9.68. The van der Waals surface area contributed by atoms with Crippen LogP contribution in [0, 0.1) is 0 Å². The van der Waals surface area contributed by atoms with Crippen molar-refractivity contribution < 1.29 is 4.74 Å². The highest BCUT2D eigenvalue weighted by Gasteiger charge is 2.08. The topological polar surface area (TPSA) is 35.2 Å². The van der Waals surface area contributed by atoms with Gasteiger partial charge in [-0.2, -0.15) is 0 Å². The molecule has 0 aromatic carbocycles. The molecule has 1 aliphatic heterocycles. The Bertz CT molecular complexity index is 228. The van der Waals surface area contributed by atoms with Crippen molar-refractivity contribution in [3.63, 3.8) is 0 Å². The lowest BCUT2D eigenvalue weighted by Crippen LogP contribution is -2.10. The third-order valence-corrected chi connectivity index (χ3v) is 2.41. The highest BCUT2D eigenvalue weighted by molar-refractivity contribution is 5.13. The van der Waals surface area contributed by atoms with Crippen LogP contribution in [0.3, 0.4) is 0 Å². The number of ether oxygens (including phenoxy) is 1. The molecular formula is C11H19NO. The predicted molar refractivity (Wildman–Crippen MR) is 55.1 cm³/mol. The molecule has 1 heterocycles. The minimum Gasteiger partial charge on any atom is -0.465 e. The molecule has 0 amide bonds. The highest BCUT2D eigenvalue weighted by atomic mass is 16.5. The van der Waals surface area contributed by atoms with Crippen molar-refractivity contribution in [1.29, 1.82) is 0 Å². The summed E-state index contributed by atoms with van der Waals surface area (Å²) in [4.78, 5) is 0. The van der Waals surface area contributed by atoms with Gasteiger partial charge < -0.3 is 10.5 Å². The van der Waals surface area contributed by atoms with Gasteiger partial charge in [0.05, 0.1) is 12.3 Å². The second-order valence-corrected chi connectivity index (χ2v) is 3.39. The van der Waals surface area contributed by atoms with Gasteiger partial charge in [0.2, 0.25) is 0 Å². The maximum Gasteiger partial charge on any atom is 0.116 e. The molecule has 2 nitrogen and oxygen atoms in total. The van der Waals surface area contributed by atoms with Crippen molar-refractivity contribution in [2.75, 3.05) is 6.54 Å². The Hall–Kier alpha value is -0.760. The van der Waals surface area contributed by atoms with E-state index >= 15 is 0 Å². The molecule has 0 aromatic heterocycles. The van der Waals surface area contributed by atoms with Crippen molar-refractivity contribution in [2.24, 2.45) is 5.73 Å². The average Bonchev–Trinajstić information content (AvgIpc) is 2.11. The van der Waals surface area contributed by atoms with Gasteiger partial charge >= 0.3 is 0 Å². The molecule has 0 fully saturated rings. The number of rotatable bonds is 2. The molecule has 0 atom stereocenters. The maximum atomic E-state index is 5.66. The molecule has 2 heteroatoms. The second-order valence-electron chi connectivity index (χ2n) is 3.39. The van der Waals surface area contributed by atoms with E-state index in [1.165, 1.54) is 12.0 Å². The first-order valence-corrected chi connectivity index (χ1v) is 5.03. The van der Waals surface area contributed by atoms with Gasteiger partial charge in [-0.1, -0.05) is 6.92 Å². The fourth-order valence-corrected chi connectivity index (χ4v) is 1.63. The lowest BCUT2D eigenvalue weighted by Gasteiger charge is -2.16. The van der Waals surface area contributed by atoms with Crippen molar-refractivity contribution >= 4 is 0 Å². The third-order valence-electron chi connectivity index (χ3n) is 2.41. The van der Waals surface area contributed by atoms with E-state index in [4.69, 9.17) is 10.5 Å². The van der Waals surface area contributed by atoms with Gasteiger partial charge in [-0.25, -0.2) is 0 Å². The molecule has 0 aliphatic carbocycles. The van der Waals surface area contributed by atoms with Crippen LogP contribution in [0.15, 0.2) is 23.2 Å². The summed E-state index contributed by atoms with van der Waals surface area (Å²) in [5.74, 6) is 1.97. The summed E-state index contributed by atoms with van der Waals surface area (Å²) >= 11 is 0. The molecule has 2 N–H and O–H groups in total. The van der Waals surface area contributed by atoms with Crippen molar-refractivity contribution in [3.8, 4) is 0 Å². The lowest BCUT2D eigenvalue weighted by molar-refractivity contribution is 0.289.